The second kappa shape index (κ2) is 6.74. The van der Waals surface area contributed by atoms with Gasteiger partial charge in [0.1, 0.15) is 0 Å². The molecular formula is C11H24N2OS. The fraction of sp³-hybridized carbons (Fsp3) is 1.00. The summed E-state index contributed by atoms with van der Waals surface area (Å²) in [6.45, 7) is 7.24. The molecule has 3 atom stereocenters. The Morgan fingerprint density at radius 2 is 2.33 bits per heavy atom. The van der Waals surface area contributed by atoms with Crippen molar-refractivity contribution >= 4 is 11.8 Å². The van der Waals surface area contributed by atoms with Gasteiger partial charge in [0.05, 0.1) is 6.61 Å². The lowest BCUT2D eigenvalue weighted by atomic mass is 10.00. The van der Waals surface area contributed by atoms with Gasteiger partial charge in [0.25, 0.3) is 0 Å². The van der Waals surface area contributed by atoms with Crippen molar-refractivity contribution in [3.63, 3.8) is 0 Å². The van der Waals surface area contributed by atoms with Gasteiger partial charge >= 0.3 is 0 Å². The van der Waals surface area contributed by atoms with Crippen LogP contribution in [-0.4, -0.2) is 55.3 Å². The van der Waals surface area contributed by atoms with Gasteiger partial charge in [-0.25, -0.2) is 0 Å². The van der Waals surface area contributed by atoms with Gasteiger partial charge in [-0.15, -0.1) is 0 Å². The highest BCUT2D eigenvalue weighted by molar-refractivity contribution is 7.99. The molecule has 0 aromatic heterocycles. The molecule has 0 aromatic rings. The highest BCUT2D eigenvalue weighted by Gasteiger charge is 2.28. The maximum atomic E-state index is 5.89. The third-order valence-corrected chi connectivity index (χ3v) is 4.36. The van der Waals surface area contributed by atoms with Crippen molar-refractivity contribution in [3.8, 4) is 0 Å². The first-order valence-electron chi connectivity index (χ1n) is 5.73. The van der Waals surface area contributed by atoms with E-state index < -0.39 is 0 Å². The summed E-state index contributed by atoms with van der Waals surface area (Å²) < 4.78 is 5.23. The van der Waals surface area contributed by atoms with Crippen LogP contribution in [0.2, 0.25) is 0 Å². The molecule has 90 valence electrons. The Morgan fingerprint density at radius 1 is 1.60 bits per heavy atom. The maximum absolute atomic E-state index is 5.89. The van der Waals surface area contributed by atoms with Gasteiger partial charge < -0.3 is 10.5 Å². The zero-order valence-corrected chi connectivity index (χ0v) is 10.9. The monoisotopic (exact) mass is 232 g/mol. The van der Waals surface area contributed by atoms with Crippen LogP contribution < -0.4 is 5.73 Å². The average Bonchev–Trinajstić information content (AvgIpc) is 2.22. The van der Waals surface area contributed by atoms with Crippen molar-refractivity contribution in [2.75, 3.05) is 38.3 Å². The SMILES string of the molecule is COCC(C)C(CN)N1CCSCC1C. The lowest BCUT2D eigenvalue weighted by molar-refractivity contribution is 0.0706. The van der Waals surface area contributed by atoms with Crippen molar-refractivity contribution in [2.24, 2.45) is 11.7 Å². The summed E-state index contributed by atoms with van der Waals surface area (Å²) >= 11 is 2.05. The van der Waals surface area contributed by atoms with Gasteiger partial charge in [0.2, 0.25) is 0 Å². The molecule has 1 heterocycles. The standard InChI is InChI=1S/C11H24N2OS/c1-9(7-14-3)11(6-12)13-4-5-15-8-10(13)2/h9-11H,4-8,12H2,1-3H3. The maximum Gasteiger partial charge on any atom is 0.0503 e. The third kappa shape index (κ3) is 3.63. The van der Waals surface area contributed by atoms with Crippen molar-refractivity contribution in [1.82, 2.24) is 4.90 Å². The highest BCUT2D eigenvalue weighted by atomic mass is 32.2. The molecule has 0 radical (unpaired) electrons. The predicted molar refractivity (Wildman–Crippen MR) is 67.4 cm³/mol. The molecule has 0 aliphatic carbocycles. The first kappa shape index (κ1) is 13.3. The number of ether oxygens (including phenoxy) is 1. The minimum atomic E-state index is 0.473. The summed E-state index contributed by atoms with van der Waals surface area (Å²) in [6, 6.07) is 1.12. The van der Waals surface area contributed by atoms with Gasteiger partial charge in [-0.1, -0.05) is 6.92 Å². The van der Waals surface area contributed by atoms with E-state index in [0.717, 1.165) is 13.2 Å². The molecule has 3 unspecified atom stereocenters. The van der Waals surface area contributed by atoms with Gasteiger partial charge in [-0.2, -0.15) is 11.8 Å². The molecule has 1 aliphatic rings. The summed E-state index contributed by atoms with van der Waals surface area (Å²) in [4.78, 5) is 2.56. The van der Waals surface area contributed by atoms with Crippen molar-refractivity contribution in [2.45, 2.75) is 25.9 Å². The van der Waals surface area contributed by atoms with Crippen LogP contribution in [0.4, 0.5) is 0 Å². The van der Waals surface area contributed by atoms with E-state index in [1.165, 1.54) is 18.1 Å². The topological polar surface area (TPSA) is 38.5 Å². The van der Waals surface area contributed by atoms with E-state index in [1.807, 2.05) is 11.8 Å². The highest BCUT2D eigenvalue weighted by Crippen LogP contribution is 2.21. The average molecular weight is 232 g/mol. The molecule has 0 saturated carbocycles. The Bertz CT molecular complexity index is 180. The Kier molecular flexibility index (Phi) is 5.97. The van der Waals surface area contributed by atoms with Crippen LogP contribution >= 0.6 is 11.8 Å². The van der Waals surface area contributed by atoms with Crippen LogP contribution in [-0.2, 0) is 4.74 Å². The number of thioether (sulfide) groups is 1. The molecule has 3 nitrogen and oxygen atoms in total. The third-order valence-electron chi connectivity index (χ3n) is 3.17. The summed E-state index contributed by atoms with van der Waals surface area (Å²) in [5.41, 5.74) is 5.89. The number of nitrogens with zero attached hydrogens (tertiary/aromatic N) is 1. The van der Waals surface area contributed by atoms with Crippen LogP contribution in [0.1, 0.15) is 13.8 Å². The smallest absolute Gasteiger partial charge is 0.0503 e. The molecule has 15 heavy (non-hydrogen) atoms. The van der Waals surface area contributed by atoms with Gasteiger partial charge in [0.15, 0.2) is 0 Å². The number of rotatable bonds is 5. The summed E-state index contributed by atoms with van der Waals surface area (Å²) in [7, 11) is 1.76. The molecule has 0 bridgehead atoms. The van der Waals surface area contributed by atoms with Crippen molar-refractivity contribution in [3.05, 3.63) is 0 Å². The van der Waals surface area contributed by atoms with Crippen molar-refractivity contribution < 1.29 is 4.74 Å². The van der Waals surface area contributed by atoms with Crippen LogP contribution in [0.15, 0.2) is 0 Å². The van der Waals surface area contributed by atoms with E-state index in [9.17, 15) is 0 Å². The van der Waals surface area contributed by atoms with Gasteiger partial charge in [-0.05, 0) is 12.8 Å². The summed E-state index contributed by atoms with van der Waals surface area (Å²) in [6.07, 6.45) is 0. The summed E-state index contributed by atoms with van der Waals surface area (Å²) in [5, 5.41) is 0. The van der Waals surface area contributed by atoms with E-state index in [-0.39, 0.29) is 0 Å². The molecule has 1 fully saturated rings. The van der Waals surface area contributed by atoms with Gasteiger partial charge in [0, 0.05) is 43.8 Å². The lowest BCUT2D eigenvalue weighted by Crippen LogP contribution is -2.53. The number of methoxy groups -OCH3 is 1. The minimum Gasteiger partial charge on any atom is -0.384 e. The van der Waals surface area contributed by atoms with Crippen LogP contribution in [0, 0.1) is 5.92 Å². The Balaban J connectivity index is 2.54. The number of nitrogens with two attached hydrogens (primary N) is 1. The lowest BCUT2D eigenvalue weighted by Gasteiger charge is -2.41. The normalized spacial score (nSPS) is 27.6. The Morgan fingerprint density at radius 3 is 2.87 bits per heavy atom. The molecular weight excluding hydrogens is 208 g/mol. The first-order valence-corrected chi connectivity index (χ1v) is 6.88. The number of hydrogen-bond donors (Lipinski definition) is 1. The van der Waals surface area contributed by atoms with E-state index in [0.29, 0.717) is 18.0 Å². The van der Waals surface area contributed by atoms with Gasteiger partial charge in [-0.3, -0.25) is 4.90 Å². The van der Waals surface area contributed by atoms with Crippen molar-refractivity contribution in [1.29, 1.82) is 0 Å². The molecule has 0 aromatic carbocycles. The zero-order valence-electron chi connectivity index (χ0n) is 10.1. The molecule has 0 amide bonds. The largest absolute Gasteiger partial charge is 0.384 e. The summed E-state index contributed by atoms with van der Waals surface area (Å²) in [5.74, 6) is 2.99. The Labute approximate surface area is 97.7 Å². The number of hydrogen-bond acceptors (Lipinski definition) is 4. The minimum absolute atomic E-state index is 0.473. The van der Waals surface area contributed by atoms with Crippen LogP contribution in [0.25, 0.3) is 0 Å². The van der Waals surface area contributed by atoms with E-state index in [1.54, 1.807) is 7.11 Å². The predicted octanol–water partition coefficient (Wildman–Crippen LogP) is 1.03. The van der Waals surface area contributed by atoms with E-state index in [4.69, 9.17) is 10.5 Å². The van der Waals surface area contributed by atoms with E-state index >= 15 is 0 Å². The molecule has 1 rings (SSSR count). The fourth-order valence-corrected chi connectivity index (χ4v) is 3.34. The van der Waals surface area contributed by atoms with Crippen LogP contribution in [0.3, 0.4) is 0 Å². The van der Waals surface area contributed by atoms with Crippen LogP contribution in [0.5, 0.6) is 0 Å². The molecule has 1 aliphatic heterocycles. The molecule has 1 saturated heterocycles. The second-order valence-electron chi connectivity index (χ2n) is 4.40. The first-order chi connectivity index (χ1) is 7.20. The zero-order chi connectivity index (χ0) is 11.3. The Hall–Kier alpha value is 0.230. The quantitative estimate of drug-likeness (QED) is 0.768. The molecule has 2 N–H and O–H groups in total. The molecule has 0 spiro atoms. The molecule has 4 heteroatoms. The second-order valence-corrected chi connectivity index (χ2v) is 5.55. The fourth-order valence-electron chi connectivity index (χ4n) is 2.30. The van der Waals surface area contributed by atoms with E-state index in [2.05, 4.69) is 18.7 Å².